The molecule has 1 amide bonds. The average Bonchev–Trinajstić information content (AvgIpc) is 4.22. The number of amides is 1. The molecule has 9 atom stereocenters. The molecule has 394 valence electrons. The molecule has 2 aliphatic heterocycles. The molecule has 2 saturated heterocycles. The lowest BCUT2D eigenvalue weighted by Gasteiger charge is -2.39. The topological polar surface area (TPSA) is 254 Å². The van der Waals surface area contributed by atoms with E-state index >= 15 is 4.39 Å². The first-order chi connectivity index (χ1) is 36.3. The Morgan fingerprint density at radius 1 is 0.893 bits per heavy atom. The number of nitriles is 1. The molecular weight excluding hydrogens is 989 g/mol. The molecule has 6 heterocycles. The van der Waals surface area contributed by atoms with E-state index in [-0.39, 0.29) is 49.3 Å². The summed E-state index contributed by atoms with van der Waals surface area (Å²) in [6, 6.07) is 26.4. The number of halogens is 1. The van der Waals surface area contributed by atoms with Crippen molar-refractivity contribution in [3.8, 4) is 17.6 Å². The molecule has 3 N–H and O–H groups in total. The van der Waals surface area contributed by atoms with E-state index in [1.165, 1.54) is 28.1 Å². The number of hydrogen-bond donors (Lipinski definition) is 3. The normalized spacial score (nSPS) is 22.6. The van der Waals surface area contributed by atoms with E-state index in [0.29, 0.717) is 51.5 Å². The van der Waals surface area contributed by atoms with Crippen molar-refractivity contribution in [2.75, 3.05) is 39.4 Å². The van der Waals surface area contributed by atoms with Crippen molar-refractivity contribution in [1.82, 2.24) is 39.0 Å². The molecular formula is C51H59BFN10O11P. The molecule has 75 heavy (non-hydrogen) atoms. The highest BCUT2D eigenvalue weighted by Crippen LogP contribution is 2.62. The molecule has 0 saturated carbocycles. The summed E-state index contributed by atoms with van der Waals surface area (Å²) in [5.74, 6) is -0.325. The van der Waals surface area contributed by atoms with E-state index in [1.54, 1.807) is 35.0 Å². The standard InChI is InChI=1S/C51H59BFN10O11P/c1-7-37-36(24-64)42(49(71-37)63-28-58-41-45(63)59-50(61-47(41)66)60-46(65)29(2)3)74-75(52,69-23-11-22-54)70-25-38-43(39(53)48(72-38)62-27-57-40-30(4)55-26-56-44(40)62)73-51(31-12-9-8-10-13-31,32-14-18-34(67-5)19-15-32)33-16-20-35(68-6)21-17-33/h8-10,12-21,26-29,36-39,42-43,48-49,64H,7,11,23-25H2,1-6,52H3,(H2,59,60,61,65,66)/t36-,37?,38+,39-,42-,43-,48?,49+,75?/m0/s1. The van der Waals surface area contributed by atoms with E-state index in [4.69, 9.17) is 37.3 Å². The molecule has 21 nitrogen and oxygen atoms in total. The Bertz CT molecular complexity index is 3150. The number of aryl methyl sites for hydroxylation is 1. The number of ether oxygens (including phenoxy) is 5. The number of alkyl halides is 1. The van der Waals surface area contributed by atoms with Crippen LogP contribution in [0.5, 0.6) is 11.5 Å². The molecule has 2 fully saturated rings. The van der Waals surface area contributed by atoms with Crippen LogP contribution in [0.4, 0.5) is 10.3 Å². The quantitative estimate of drug-likeness (QED) is 0.0334. The summed E-state index contributed by atoms with van der Waals surface area (Å²) >= 11 is 0. The van der Waals surface area contributed by atoms with Gasteiger partial charge in [-0.3, -0.25) is 29.0 Å². The molecule has 7 aromatic rings. The zero-order valence-electron chi connectivity index (χ0n) is 41.4. The maximum atomic E-state index is 18.3. The third-order valence-electron chi connectivity index (χ3n) is 13.1. The summed E-state index contributed by atoms with van der Waals surface area (Å²) < 4.78 is 73.9. The van der Waals surface area contributed by atoms with Gasteiger partial charge in [-0.15, -0.1) is 0 Å². The Labute approximate surface area is 432 Å². The fraction of sp³-hybridized carbons (Fsp3) is 0.412. The molecule has 0 spiro atoms. The first kappa shape index (κ1) is 53.1. The number of carbonyl (C=O) groups excluding carboxylic acids is 1. The maximum Gasteiger partial charge on any atom is 0.280 e. The van der Waals surface area contributed by atoms with Crippen molar-refractivity contribution in [1.29, 1.82) is 5.26 Å². The van der Waals surface area contributed by atoms with Gasteiger partial charge in [0, 0.05) is 11.8 Å². The molecule has 3 unspecified atom stereocenters. The van der Waals surface area contributed by atoms with Gasteiger partial charge in [-0.25, -0.2) is 37.9 Å². The molecule has 4 aromatic heterocycles. The number of benzene rings is 3. The second-order valence-electron chi connectivity index (χ2n) is 17.9. The number of anilines is 1. The minimum Gasteiger partial charge on any atom is -0.497 e. The average molecular weight is 1050 g/mol. The number of imidazole rings is 2. The maximum absolute atomic E-state index is 18.3. The fourth-order valence-corrected chi connectivity index (χ4v) is 10.4. The number of aromatic nitrogens is 8. The Balaban J connectivity index is 1.13. The third-order valence-corrected chi connectivity index (χ3v) is 14.3. The number of aromatic amines is 1. The number of carbonyl (C=O) groups is 1. The number of aliphatic hydroxyl groups is 1. The number of nitrogens with one attached hydrogen (secondary N) is 2. The molecule has 0 radical (unpaired) electrons. The highest BCUT2D eigenvalue weighted by atomic mass is 31.2. The van der Waals surface area contributed by atoms with Crippen LogP contribution >= 0.6 is 7.82 Å². The van der Waals surface area contributed by atoms with Gasteiger partial charge < -0.3 is 28.8 Å². The lowest BCUT2D eigenvalue weighted by molar-refractivity contribution is -0.118. The van der Waals surface area contributed by atoms with Crippen molar-refractivity contribution in [3.05, 3.63) is 131 Å². The van der Waals surface area contributed by atoms with Gasteiger partial charge in [0.2, 0.25) is 27.2 Å². The second-order valence-corrected chi connectivity index (χ2v) is 19.1. The van der Waals surface area contributed by atoms with E-state index in [1.807, 2.05) is 85.8 Å². The van der Waals surface area contributed by atoms with Crippen molar-refractivity contribution in [2.45, 2.75) is 89.2 Å². The summed E-state index contributed by atoms with van der Waals surface area (Å²) in [6.07, 6.45) is -3.69. The van der Waals surface area contributed by atoms with Crippen molar-refractivity contribution in [3.63, 3.8) is 0 Å². The number of hydrogen-bond acceptors (Lipinski definition) is 17. The van der Waals surface area contributed by atoms with Gasteiger partial charge in [0.25, 0.3) is 5.56 Å². The zero-order chi connectivity index (χ0) is 53.0. The van der Waals surface area contributed by atoms with Gasteiger partial charge >= 0.3 is 0 Å². The summed E-state index contributed by atoms with van der Waals surface area (Å²) in [5, 5.41) is 23.4. The lowest BCUT2D eigenvalue weighted by Crippen LogP contribution is -2.44. The lowest BCUT2D eigenvalue weighted by atomic mass is 9.79. The van der Waals surface area contributed by atoms with Gasteiger partial charge in [0.1, 0.15) is 54.4 Å². The van der Waals surface area contributed by atoms with E-state index < -0.39 is 81.4 Å². The summed E-state index contributed by atoms with van der Waals surface area (Å²) in [4.78, 5) is 50.9. The number of methoxy groups -OCH3 is 2. The van der Waals surface area contributed by atoms with Crippen LogP contribution in [0.25, 0.3) is 22.3 Å². The molecule has 3 aromatic carbocycles. The number of rotatable bonds is 21. The first-order valence-corrected chi connectivity index (χ1v) is 25.1. The van der Waals surface area contributed by atoms with Crippen LogP contribution in [-0.2, 0) is 38.2 Å². The SMILES string of the molecule is [BH3-][P+](OCCC#N)(OC[C@H]1OC(n2cnc3c(C)ncnc32)[C@@H](F)[C@H]1OC(c1ccccc1)(c1ccc(OC)cc1)c1ccc(OC)cc1)O[C@@H]1[C@H](n2cnc3c(=O)[nH]c(NC(=O)C(C)C)nc32)OC(CC)[C@@H]1CO. The molecule has 0 bridgehead atoms. The van der Waals surface area contributed by atoms with Crippen LogP contribution in [0, 0.1) is 30.1 Å². The second kappa shape index (κ2) is 22.6. The third kappa shape index (κ3) is 10.5. The number of fused-ring (bicyclic) bond motifs is 2. The Morgan fingerprint density at radius 3 is 2.13 bits per heavy atom. The van der Waals surface area contributed by atoms with Gasteiger partial charge in [-0.1, -0.05) is 75.4 Å². The minimum absolute atomic E-state index is 0.00540. The van der Waals surface area contributed by atoms with Crippen LogP contribution < -0.4 is 20.3 Å². The Kier molecular flexibility index (Phi) is 16.0. The van der Waals surface area contributed by atoms with Crippen molar-refractivity contribution >= 4 is 49.6 Å². The minimum atomic E-state index is -3.45. The van der Waals surface area contributed by atoms with E-state index in [9.17, 15) is 20.0 Å². The van der Waals surface area contributed by atoms with Crippen LogP contribution in [0.3, 0.4) is 0 Å². The van der Waals surface area contributed by atoms with Gasteiger partial charge in [-0.05, 0) is 54.3 Å². The first-order valence-electron chi connectivity index (χ1n) is 24.0. The number of nitrogens with zero attached hydrogens (tertiary/aromatic N) is 8. The number of aliphatic hydroxyl groups excluding tert-OH is 1. The summed E-state index contributed by atoms with van der Waals surface area (Å²) in [5.41, 5.74) is 1.34. The molecule has 24 heteroatoms. The highest BCUT2D eigenvalue weighted by molar-refractivity contribution is 7.85. The monoisotopic (exact) mass is 1050 g/mol. The van der Waals surface area contributed by atoms with Crippen molar-refractivity contribution < 1.29 is 51.5 Å². The van der Waals surface area contributed by atoms with Crippen LogP contribution in [0.2, 0.25) is 0 Å². The van der Waals surface area contributed by atoms with Crippen LogP contribution in [0.15, 0.2) is 103 Å². The highest BCUT2D eigenvalue weighted by Gasteiger charge is 2.55. The van der Waals surface area contributed by atoms with Gasteiger partial charge in [0.05, 0.1) is 57.8 Å². The predicted octanol–water partition coefficient (Wildman–Crippen LogP) is 5.78. The smallest absolute Gasteiger partial charge is 0.280 e. The fourth-order valence-electron chi connectivity index (χ4n) is 9.27. The molecule has 2 aliphatic rings. The van der Waals surface area contributed by atoms with Crippen LogP contribution in [-0.4, -0.2) is 122 Å². The molecule has 9 rings (SSSR count). The zero-order valence-corrected chi connectivity index (χ0v) is 42.3. The number of H-pyrrole nitrogens is 1. The Morgan fingerprint density at radius 2 is 1.52 bits per heavy atom. The van der Waals surface area contributed by atoms with E-state index in [0.717, 1.165) is 0 Å². The Hall–Kier alpha value is -6.74. The summed E-state index contributed by atoms with van der Waals surface area (Å²) in [7, 11) is -1.46. The van der Waals surface area contributed by atoms with E-state index in [2.05, 4.69) is 41.3 Å². The van der Waals surface area contributed by atoms with Crippen molar-refractivity contribution in [2.24, 2.45) is 11.8 Å². The molecule has 0 aliphatic carbocycles. The predicted molar refractivity (Wildman–Crippen MR) is 276 cm³/mol. The largest absolute Gasteiger partial charge is 0.497 e. The van der Waals surface area contributed by atoms with Crippen LogP contribution in [0.1, 0.15) is 68.5 Å². The van der Waals surface area contributed by atoms with Gasteiger partial charge in [-0.2, -0.15) is 10.2 Å². The summed E-state index contributed by atoms with van der Waals surface area (Å²) in [6.45, 7) is 6.34. The van der Waals surface area contributed by atoms with Gasteiger partial charge in [0.15, 0.2) is 41.5 Å².